The fourth-order valence-corrected chi connectivity index (χ4v) is 2.63. The zero-order chi connectivity index (χ0) is 14.9. The number of nitrogens with one attached hydrogen (secondary N) is 1. The molecule has 4 nitrogen and oxygen atoms in total. The van der Waals surface area contributed by atoms with Gasteiger partial charge in [-0.15, -0.1) is 11.3 Å². The minimum absolute atomic E-state index is 0.0553. The van der Waals surface area contributed by atoms with Crippen molar-refractivity contribution in [3.05, 3.63) is 51.7 Å². The highest BCUT2D eigenvalue weighted by Crippen LogP contribution is 2.28. The van der Waals surface area contributed by atoms with Crippen LogP contribution in [0.3, 0.4) is 0 Å². The number of carboxylic acid groups (broad SMARTS) is 1. The number of aryl methyl sites for hydroxylation is 2. The van der Waals surface area contributed by atoms with E-state index in [1.165, 1.54) is 35.6 Å². The van der Waals surface area contributed by atoms with Crippen molar-refractivity contribution >= 4 is 28.2 Å². The minimum atomic E-state index is -1.10. The summed E-state index contributed by atoms with van der Waals surface area (Å²) in [5.41, 5.74) is 0.699. The summed E-state index contributed by atoms with van der Waals surface area (Å²) in [5.74, 6) is -1.95. The number of carboxylic acids is 1. The molecule has 1 heterocycles. The van der Waals surface area contributed by atoms with Crippen LogP contribution in [0, 0.1) is 19.7 Å². The summed E-state index contributed by atoms with van der Waals surface area (Å²) in [6.07, 6.45) is 0. The third-order valence-electron chi connectivity index (χ3n) is 2.73. The second kappa shape index (κ2) is 5.42. The molecule has 0 aliphatic carbocycles. The number of aromatic carboxylic acids is 1. The van der Waals surface area contributed by atoms with Crippen LogP contribution in [0.5, 0.6) is 0 Å². The molecule has 0 fully saturated rings. The Hall–Kier alpha value is -2.21. The van der Waals surface area contributed by atoms with Crippen molar-refractivity contribution in [2.24, 2.45) is 0 Å². The molecule has 1 aromatic heterocycles. The fourth-order valence-electron chi connectivity index (χ4n) is 1.73. The second-order valence-corrected chi connectivity index (χ2v) is 5.58. The highest BCUT2D eigenvalue weighted by atomic mass is 32.1. The van der Waals surface area contributed by atoms with E-state index in [1.807, 2.05) is 0 Å². The molecule has 6 heteroatoms. The topological polar surface area (TPSA) is 66.4 Å². The van der Waals surface area contributed by atoms with Gasteiger partial charge < -0.3 is 10.4 Å². The average molecular weight is 293 g/mol. The Kier molecular flexibility index (Phi) is 3.85. The molecule has 0 atom stereocenters. The van der Waals surface area contributed by atoms with Crippen molar-refractivity contribution in [2.45, 2.75) is 13.8 Å². The molecule has 0 spiro atoms. The molecule has 20 heavy (non-hydrogen) atoms. The second-order valence-electron chi connectivity index (χ2n) is 4.32. The first-order chi connectivity index (χ1) is 9.38. The predicted octanol–water partition coefficient (Wildman–Crippen LogP) is 3.45. The molecule has 1 amide bonds. The minimum Gasteiger partial charge on any atom is -0.478 e. The van der Waals surface area contributed by atoms with Crippen LogP contribution in [0.15, 0.2) is 24.3 Å². The normalized spacial score (nSPS) is 10.3. The van der Waals surface area contributed by atoms with Crippen LogP contribution in [0.2, 0.25) is 0 Å². The lowest BCUT2D eigenvalue weighted by Gasteiger charge is -2.05. The molecule has 0 saturated heterocycles. The maximum absolute atomic E-state index is 13.2. The molecule has 0 saturated carbocycles. The summed E-state index contributed by atoms with van der Waals surface area (Å²) >= 11 is 1.19. The molecule has 0 radical (unpaired) electrons. The van der Waals surface area contributed by atoms with Gasteiger partial charge in [-0.25, -0.2) is 9.18 Å². The van der Waals surface area contributed by atoms with Gasteiger partial charge >= 0.3 is 5.97 Å². The Balaban J connectivity index is 2.27. The summed E-state index contributed by atoms with van der Waals surface area (Å²) < 4.78 is 13.2. The van der Waals surface area contributed by atoms with E-state index in [0.29, 0.717) is 5.56 Å². The Morgan fingerprint density at radius 2 is 1.95 bits per heavy atom. The van der Waals surface area contributed by atoms with Gasteiger partial charge in [0, 0.05) is 10.4 Å². The van der Waals surface area contributed by atoms with Crippen molar-refractivity contribution in [2.75, 3.05) is 5.32 Å². The molecule has 0 bridgehead atoms. The van der Waals surface area contributed by atoms with Crippen LogP contribution in [-0.2, 0) is 0 Å². The quantitative estimate of drug-likeness (QED) is 0.910. The maximum Gasteiger partial charge on any atom is 0.338 e. The molecule has 2 aromatic rings. The van der Waals surface area contributed by atoms with E-state index in [4.69, 9.17) is 5.11 Å². The first-order valence-corrected chi connectivity index (χ1v) is 6.61. The largest absolute Gasteiger partial charge is 0.478 e. The fraction of sp³-hybridized carbons (Fsp3) is 0.143. The third kappa shape index (κ3) is 2.85. The molecule has 0 aliphatic heterocycles. The number of hydrogen-bond donors (Lipinski definition) is 2. The highest BCUT2D eigenvalue weighted by Gasteiger charge is 2.17. The summed E-state index contributed by atoms with van der Waals surface area (Å²) in [4.78, 5) is 23.9. The van der Waals surface area contributed by atoms with Crippen molar-refractivity contribution in [3.63, 3.8) is 0 Å². The van der Waals surface area contributed by atoms with Gasteiger partial charge in [-0.3, -0.25) is 4.79 Å². The van der Waals surface area contributed by atoms with Gasteiger partial charge in [-0.1, -0.05) is 0 Å². The van der Waals surface area contributed by atoms with E-state index in [0.717, 1.165) is 4.88 Å². The van der Waals surface area contributed by atoms with Crippen LogP contribution in [0.4, 0.5) is 9.39 Å². The molecular formula is C14H12FNO3S. The van der Waals surface area contributed by atoms with Crippen molar-refractivity contribution in [3.8, 4) is 0 Å². The molecule has 2 N–H and O–H groups in total. The summed E-state index contributed by atoms with van der Waals surface area (Å²) in [6, 6.07) is 5.49. The van der Waals surface area contributed by atoms with E-state index in [2.05, 4.69) is 5.32 Å². The van der Waals surface area contributed by atoms with Gasteiger partial charge in [0.2, 0.25) is 0 Å². The number of carbonyl (C=O) groups excluding carboxylic acids is 1. The third-order valence-corrected chi connectivity index (χ3v) is 3.70. The monoisotopic (exact) mass is 293 g/mol. The van der Waals surface area contributed by atoms with E-state index in [9.17, 15) is 14.0 Å². The molecule has 1 aromatic carbocycles. The molecule has 104 valence electrons. The number of amides is 1. The van der Waals surface area contributed by atoms with Crippen molar-refractivity contribution in [1.29, 1.82) is 0 Å². The van der Waals surface area contributed by atoms with Gasteiger partial charge in [0.05, 0.1) is 5.56 Å². The Labute approximate surface area is 118 Å². The van der Waals surface area contributed by atoms with Gasteiger partial charge in [0.25, 0.3) is 5.91 Å². The van der Waals surface area contributed by atoms with Crippen molar-refractivity contribution < 1.29 is 19.1 Å². The number of anilines is 1. The van der Waals surface area contributed by atoms with Crippen LogP contribution >= 0.6 is 11.3 Å². The maximum atomic E-state index is 13.2. The van der Waals surface area contributed by atoms with Crippen LogP contribution in [-0.4, -0.2) is 17.0 Å². The molecule has 2 rings (SSSR count). The van der Waals surface area contributed by atoms with Gasteiger partial charge in [-0.05, 0) is 43.7 Å². The molecular weight excluding hydrogens is 281 g/mol. The highest BCUT2D eigenvalue weighted by molar-refractivity contribution is 7.16. The van der Waals surface area contributed by atoms with Crippen LogP contribution in [0.25, 0.3) is 0 Å². The van der Waals surface area contributed by atoms with E-state index >= 15 is 0 Å². The van der Waals surface area contributed by atoms with Gasteiger partial charge in [0.15, 0.2) is 0 Å². The summed E-state index contributed by atoms with van der Waals surface area (Å²) in [5, 5.41) is 11.9. The molecule has 0 aliphatic rings. The first-order valence-electron chi connectivity index (χ1n) is 5.79. The van der Waals surface area contributed by atoms with Gasteiger partial charge in [-0.2, -0.15) is 0 Å². The molecule has 0 unspecified atom stereocenters. The number of carbonyl (C=O) groups is 2. The smallest absolute Gasteiger partial charge is 0.338 e. The lowest BCUT2D eigenvalue weighted by atomic mass is 10.1. The summed E-state index contributed by atoms with van der Waals surface area (Å²) in [7, 11) is 0. The number of halogens is 1. The Bertz CT molecular complexity index is 694. The van der Waals surface area contributed by atoms with Crippen LogP contribution in [0.1, 0.15) is 31.2 Å². The lowest BCUT2D eigenvalue weighted by Crippen LogP contribution is -2.13. The Morgan fingerprint density at radius 3 is 2.55 bits per heavy atom. The average Bonchev–Trinajstić information content (AvgIpc) is 2.73. The van der Waals surface area contributed by atoms with E-state index in [1.54, 1.807) is 13.8 Å². The summed E-state index contributed by atoms with van der Waals surface area (Å²) in [6.45, 7) is 3.32. The Morgan fingerprint density at radius 1 is 1.25 bits per heavy atom. The standard InChI is InChI=1S/C14H12FNO3S/c1-7-5-9(3-4-11(7)15)12(17)16-13-10(14(18)19)6-8(2)20-13/h3-6H,1-2H3,(H,16,17)(H,18,19). The number of hydrogen-bond acceptors (Lipinski definition) is 3. The van der Waals surface area contributed by atoms with E-state index in [-0.39, 0.29) is 21.9 Å². The number of rotatable bonds is 3. The van der Waals surface area contributed by atoms with Crippen LogP contribution < -0.4 is 5.32 Å². The zero-order valence-electron chi connectivity index (χ0n) is 10.9. The van der Waals surface area contributed by atoms with Gasteiger partial charge in [0.1, 0.15) is 10.8 Å². The zero-order valence-corrected chi connectivity index (χ0v) is 11.7. The number of thiophene rings is 1. The number of benzene rings is 1. The lowest BCUT2D eigenvalue weighted by molar-refractivity contribution is 0.0698. The first kappa shape index (κ1) is 14.2. The van der Waals surface area contributed by atoms with Crippen molar-refractivity contribution in [1.82, 2.24) is 0 Å². The SMILES string of the molecule is Cc1cc(C(=O)O)c(NC(=O)c2ccc(F)c(C)c2)s1. The van der Waals surface area contributed by atoms with E-state index < -0.39 is 11.9 Å². The predicted molar refractivity (Wildman–Crippen MR) is 75.1 cm³/mol.